The number of rotatable bonds is 4. The number of nitrogens with zero attached hydrogens (tertiary/aromatic N) is 4. The standard InChI is InChI=1S/C18H16IN5O/c1-2-25-17-6-4-3-5-14(17)16-11-15(12-7-9-13(19)10-8-12)20-18-21-22-23-24(16)18/h3-11,16H,2H2,1H3,(H,20,21,23). The second-order valence-electron chi connectivity index (χ2n) is 5.57. The number of hydrogen-bond acceptors (Lipinski definition) is 5. The normalized spacial score (nSPS) is 15.9. The van der Waals surface area contributed by atoms with Gasteiger partial charge >= 0.3 is 0 Å². The highest BCUT2D eigenvalue weighted by atomic mass is 127. The third kappa shape index (κ3) is 3.11. The summed E-state index contributed by atoms with van der Waals surface area (Å²) in [5.41, 5.74) is 3.10. The topological polar surface area (TPSA) is 64.9 Å². The van der Waals surface area contributed by atoms with E-state index >= 15 is 0 Å². The molecule has 1 N–H and O–H groups in total. The zero-order valence-corrected chi connectivity index (χ0v) is 15.7. The maximum absolute atomic E-state index is 5.81. The first-order valence-electron chi connectivity index (χ1n) is 8.00. The van der Waals surface area contributed by atoms with E-state index in [0.29, 0.717) is 12.6 Å². The number of benzene rings is 2. The molecule has 4 rings (SSSR count). The summed E-state index contributed by atoms with van der Waals surface area (Å²) in [5, 5.41) is 15.4. The van der Waals surface area contributed by atoms with Crippen LogP contribution in [0.2, 0.25) is 0 Å². The quantitative estimate of drug-likeness (QED) is 0.621. The smallest absolute Gasteiger partial charge is 0.248 e. The molecule has 1 aromatic heterocycles. The van der Waals surface area contributed by atoms with E-state index in [-0.39, 0.29) is 6.04 Å². The van der Waals surface area contributed by atoms with Crippen molar-refractivity contribution in [3.63, 3.8) is 0 Å². The predicted octanol–water partition coefficient (Wildman–Crippen LogP) is 3.73. The van der Waals surface area contributed by atoms with Crippen LogP contribution >= 0.6 is 22.6 Å². The summed E-state index contributed by atoms with van der Waals surface area (Å²) in [6.45, 7) is 2.59. The molecular weight excluding hydrogens is 429 g/mol. The van der Waals surface area contributed by atoms with Gasteiger partial charge in [0.05, 0.1) is 6.61 Å². The van der Waals surface area contributed by atoms with Crippen molar-refractivity contribution in [1.29, 1.82) is 0 Å². The van der Waals surface area contributed by atoms with Crippen molar-refractivity contribution < 1.29 is 4.74 Å². The van der Waals surface area contributed by atoms with Gasteiger partial charge in [0.25, 0.3) is 0 Å². The number of fused-ring (bicyclic) bond motifs is 1. The van der Waals surface area contributed by atoms with Gasteiger partial charge in [-0.25, -0.2) is 0 Å². The van der Waals surface area contributed by atoms with E-state index in [1.165, 1.54) is 3.57 Å². The van der Waals surface area contributed by atoms with Gasteiger partial charge in [0, 0.05) is 14.8 Å². The third-order valence-corrected chi connectivity index (χ3v) is 4.74. The lowest BCUT2D eigenvalue weighted by Gasteiger charge is -2.24. The average molecular weight is 445 g/mol. The number of hydrogen-bond donors (Lipinski definition) is 1. The molecule has 126 valence electrons. The van der Waals surface area contributed by atoms with Gasteiger partial charge in [-0.1, -0.05) is 35.4 Å². The largest absolute Gasteiger partial charge is 0.494 e. The fourth-order valence-electron chi connectivity index (χ4n) is 2.89. The van der Waals surface area contributed by atoms with E-state index in [1.54, 1.807) is 4.68 Å². The molecule has 3 aromatic rings. The van der Waals surface area contributed by atoms with Crippen LogP contribution in [0.5, 0.6) is 5.75 Å². The number of para-hydroxylation sites is 1. The van der Waals surface area contributed by atoms with Crippen molar-refractivity contribution in [3.05, 3.63) is 69.3 Å². The monoisotopic (exact) mass is 445 g/mol. The van der Waals surface area contributed by atoms with E-state index in [1.807, 2.05) is 25.1 Å². The van der Waals surface area contributed by atoms with Gasteiger partial charge in [-0.05, 0) is 69.8 Å². The molecule has 0 saturated carbocycles. The first kappa shape index (κ1) is 16.1. The lowest BCUT2D eigenvalue weighted by atomic mass is 10.0. The molecule has 0 amide bonds. The Morgan fingerprint density at radius 2 is 1.96 bits per heavy atom. The first-order chi connectivity index (χ1) is 12.3. The Morgan fingerprint density at radius 1 is 1.16 bits per heavy atom. The molecule has 0 fully saturated rings. The highest BCUT2D eigenvalue weighted by Crippen LogP contribution is 2.35. The van der Waals surface area contributed by atoms with Gasteiger partial charge in [0.2, 0.25) is 5.95 Å². The van der Waals surface area contributed by atoms with E-state index in [0.717, 1.165) is 22.6 Å². The lowest BCUT2D eigenvalue weighted by molar-refractivity contribution is 0.333. The molecule has 0 aliphatic carbocycles. The Bertz CT molecular complexity index is 919. The molecule has 7 heteroatoms. The van der Waals surface area contributed by atoms with Crippen LogP contribution in [-0.2, 0) is 0 Å². The molecule has 0 spiro atoms. The maximum Gasteiger partial charge on any atom is 0.248 e. The minimum Gasteiger partial charge on any atom is -0.494 e. The summed E-state index contributed by atoms with van der Waals surface area (Å²) < 4.78 is 8.77. The van der Waals surface area contributed by atoms with Crippen LogP contribution in [0.15, 0.2) is 54.6 Å². The van der Waals surface area contributed by atoms with Crippen molar-refractivity contribution in [2.75, 3.05) is 11.9 Å². The molecule has 0 bridgehead atoms. The van der Waals surface area contributed by atoms with Gasteiger partial charge in [0.1, 0.15) is 11.8 Å². The molecule has 1 aliphatic rings. The van der Waals surface area contributed by atoms with Crippen molar-refractivity contribution in [1.82, 2.24) is 20.2 Å². The Kier molecular flexibility index (Phi) is 4.39. The van der Waals surface area contributed by atoms with Gasteiger partial charge in [0.15, 0.2) is 0 Å². The zero-order chi connectivity index (χ0) is 17.2. The summed E-state index contributed by atoms with van der Waals surface area (Å²) in [4.78, 5) is 0. The predicted molar refractivity (Wildman–Crippen MR) is 104 cm³/mol. The number of anilines is 1. The molecule has 6 nitrogen and oxygen atoms in total. The number of halogens is 1. The molecule has 2 heterocycles. The summed E-state index contributed by atoms with van der Waals surface area (Å²) in [6.07, 6.45) is 2.13. The first-order valence-corrected chi connectivity index (χ1v) is 9.08. The van der Waals surface area contributed by atoms with Crippen molar-refractivity contribution >= 4 is 34.2 Å². The number of nitrogens with one attached hydrogen (secondary N) is 1. The van der Waals surface area contributed by atoms with E-state index in [2.05, 4.69) is 79.8 Å². The molecule has 1 atom stereocenters. The Balaban J connectivity index is 1.81. The molecule has 1 aliphatic heterocycles. The van der Waals surface area contributed by atoms with Crippen molar-refractivity contribution in [3.8, 4) is 5.75 Å². The van der Waals surface area contributed by atoms with Crippen LogP contribution in [0.25, 0.3) is 5.70 Å². The van der Waals surface area contributed by atoms with Crippen LogP contribution in [-0.4, -0.2) is 26.8 Å². The van der Waals surface area contributed by atoms with Crippen LogP contribution in [0.3, 0.4) is 0 Å². The third-order valence-electron chi connectivity index (χ3n) is 4.02. The average Bonchev–Trinajstić information content (AvgIpc) is 3.11. The Hall–Kier alpha value is -2.42. The van der Waals surface area contributed by atoms with E-state index in [4.69, 9.17) is 4.74 Å². The fourth-order valence-corrected chi connectivity index (χ4v) is 3.24. The zero-order valence-electron chi connectivity index (χ0n) is 13.6. The molecule has 2 aromatic carbocycles. The SMILES string of the molecule is CCOc1ccccc1C1C=C(c2ccc(I)cc2)Nc2nnnn21. The fraction of sp³-hybridized carbons (Fsp3) is 0.167. The molecule has 0 saturated heterocycles. The summed E-state index contributed by atoms with van der Waals surface area (Å²) in [7, 11) is 0. The second-order valence-corrected chi connectivity index (χ2v) is 6.82. The van der Waals surface area contributed by atoms with Crippen LogP contribution in [0, 0.1) is 3.57 Å². The van der Waals surface area contributed by atoms with Gasteiger partial charge < -0.3 is 10.1 Å². The number of tetrazole rings is 1. The van der Waals surface area contributed by atoms with Gasteiger partial charge in [-0.3, -0.25) is 0 Å². The Morgan fingerprint density at radius 3 is 2.76 bits per heavy atom. The summed E-state index contributed by atoms with van der Waals surface area (Å²) in [5.74, 6) is 1.46. The van der Waals surface area contributed by atoms with Gasteiger partial charge in [-0.2, -0.15) is 4.68 Å². The van der Waals surface area contributed by atoms with Crippen LogP contribution < -0.4 is 10.1 Å². The lowest BCUT2D eigenvalue weighted by Crippen LogP contribution is -2.20. The molecule has 1 unspecified atom stereocenters. The maximum atomic E-state index is 5.81. The number of allylic oxidation sites excluding steroid dienone is 1. The molecule has 0 radical (unpaired) electrons. The number of aromatic nitrogens is 4. The second kappa shape index (κ2) is 6.83. The molecular formula is C18H16IN5O. The van der Waals surface area contributed by atoms with Gasteiger partial charge in [-0.15, -0.1) is 0 Å². The highest BCUT2D eigenvalue weighted by molar-refractivity contribution is 14.1. The molecule has 25 heavy (non-hydrogen) atoms. The van der Waals surface area contributed by atoms with E-state index < -0.39 is 0 Å². The number of ether oxygens (including phenoxy) is 1. The van der Waals surface area contributed by atoms with Crippen LogP contribution in [0.1, 0.15) is 24.1 Å². The van der Waals surface area contributed by atoms with Crippen LogP contribution in [0.4, 0.5) is 5.95 Å². The summed E-state index contributed by atoms with van der Waals surface area (Å²) in [6, 6.07) is 16.2. The Labute approximate surface area is 159 Å². The minimum absolute atomic E-state index is 0.136. The van der Waals surface area contributed by atoms with Crippen molar-refractivity contribution in [2.24, 2.45) is 0 Å². The van der Waals surface area contributed by atoms with Crippen molar-refractivity contribution in [2.45, 2.75) is 13.0 Å². The summed E-state index contributed by atoms with van der Waals surface area (Å²) >= 11 is 2.30. The van der Waals surface area contributed by atoms with E-state index in [9.17, 15) is 0 Å². The highest BCUT2D eigenvalue weighted by Gasteiger charge is 2.26. The minimum atomic E-state index is -0.136.